The highest BCUT2D eigenvalue weighted by atomic mass is 35.5. The average molecular weight is 405 g/mol. The van der Waals surface area contributed by atoms with Crippen molar-refractivity contribution in [3.05, 3.63) is 52.6 Å². The fraction of sp³-hybridized carbons (Fsp3) is 0.450. The van der Waals surface area contributed by atoms with Gasteiger partial charge in [-0.1, -0.05) is 17.7 Å². The fourth-order valence-corrected chi connectivity index (χ4v) is 3.72. The maximum atomic E-state index is 11.2. The van der Waals surface area contributed by atoms with Crippen LogP contribution in [0.5, 0.6) is 0 Å². The number of halogens is 1. The van der Waals surface area contributed by atoms with Crippen LogP contribution in [0.4, 0.5) is 10.5 Å². The summed E-state index contributed by atoms with van der Waals surface area (Å²) in [6.07, 6.45) is 2.14. The van der Waals surface area contributed by atoms with Crippen LogP contribution in [0, 0.1) is 6.92 Å². The molecular weight excluding hydrogens is 380 g/mol. The van der Waals surface area contributed by atoms with Crippen molar-refractivity contribution < 1.29 is 15.0 Å². The van der Waals surface area contributed by atoms with Crippen LogP contribution in [0.1, 0.15) is 42.8 Å². The van der Waals surface area contributed by atoms with Crippen LogP contribution in [0.15, 0.2) is 30.5 Å². The van der Waals surface area contributed by atoms with Gasteiger partial charge in [0.2, 0.25) is 0 Å². The van der Waals surface area contributed by atoms with Crippen LogP contribution in [0.3, 0.4) is 0 Å². The number of anilines is 1. The van der Waals surface area contributed by atoms with E-state index in [0.29, 0.717) is 42.3 Å². The molecule has 1 aromatic carbocycles. The number of hydrogen-bond donors (Lipinski definition) is 3. The predicted molar refractivity (Wildman–Crippen MR) is 108 cm³/mol. The fourth-order valence-electron chi connectivity index (χ4n) is 3.53. The van der Waals surface area contributed by atoms with Crippen molar-refractivity contribution in [2.24, 2.45) is 0 Å². The molecule has 1 aliphatic heterocycles. The van der Waals surface area contributed by atoms with Gasteiger partial charge in [-0.05, 0) is 44.9 Å². The molecule has 1 amide bonds. The molecule has 1 unspecified atom stereocenters. The van der Waals surface area contributed by atoms with Gasteiger partial charge in [0.1, 0.15) is 11.4 Å². The molecule has 1 fully saturated rings. The van der Waals surface area contributed by atoms with E-state index in [-0.39, 0.29) is 12.5 Å². The lowest BCUT2D eigenvalue weighted by molar-refractivity contribution is 0.0682. The Labute approximate surface area is 169 Å². The maximum Gasteiger partial charge on any atom is 0.407 e. The van der Waals surface area contributed by atoms with Crippen molar-refractivity contribution in [3.8, 4) is 0 Å². The second kappa shape index (κ2) is 8.32. The number of nitrogens with one attached hydrogen (secondary N) is 1. The van der Waals surface area contributed by atoms with E-state index in [0.717, 1.165) is 11.4 Å². The lowest BCUT2D eigenvalue weighted by Crippen LogP contribution is -2.38. The quantitative estimate of drug-likeness (QED) is 0.704. The molecule has 150 valence electrons. The van der Waals surface area contributed by atoms with Crippen LogP contribution in [0.2, 0.25) is 5.02 Å². The summed E-state index contributed by atoms with van der Waals surface area (Å²) >= 11 is 6.02. The first kappa shape index (κ1) is 20.4. The molecule has 3 rings (SSSR count). The first-order chi connectivity index (χ1) is 13.3. The Hall–Kier alpha value is -2.38. The van der Waals surface area contributed by atoms with Gasteiger partial charge in [0, 0.05) is 48.0 Å². The molecule has 0 aliphatic carbocycles. The lowest BCUT2D eigenvalue weighted by atomic mass is 9.85. The zero-order valence-electron chi connectivity index (χ0n) is 16.0. The summed E-state index contributed by atoms with van der Waals surface area (Å²) in [7, 11) is 0. The topological polar surface area (TPSA) is 98.6 Å². The van der Waals surface area contributed by atoms with Crippen LogP contribution in [-0.4, -0.2) is 50.8 Å². The van der Waals surface area contributed by atoms with E-state index in [2.05, 4.69) is 15.3 Å². The molecule has 0 bridgehead atoms. The number of rotatable bonds is 5. The number of aromatic nitrogens is 2. The van der Waals surface area contributed by atoms with Gasteiger partial charge in [-0.25, -0.2) is 14.8 Å². The van der Waals surface area contributed by atoms with Gasteiger partial charge in [0.05, 0.1) is 5.69 Å². The summed E-state index contributed by atoms with van der Waals surface area (Å²) in [6, 6.07) is 7.32. The number of carboxylic acid groups (broad SMARTS) is 1. The summed E-state index contributed by atoms with van der Waals surface area (Å²) in [5, 5.41) is 24.2. The van der Waals surface area contributed by atoms with E-state index in [4.69, 9.17) is 16.7 Å². The third-order valence-electron chi connectivity index (χ3n) is 5.13. The number of likely N-dealkylation sites (tertiary alicyclic amines) is 1. The highest BCUT2D eigenvalue weighted by molar-refractivity contribution is 6.30. The van der Waals surface area contributed by atoms with E-state index in [1.807, 2.05) is 19.1 Å². The maximum absolute atomic E-state index is 11.2. The highest BCUT2D eigenvalue weighted by Gasteiger charge is 2.33. The Morgan fingerprint density at radius 2 is 2.11 bits per heavy atom. The Balaban J connectivity index is 1.80. The number of amides is 1. The standard InChI is InChI=1S/C20H25ClN4O3/c1-13-22-11-17(18(24-13)14-6-8-25(9-7-14)19(26)27)20(2,28)12-23-16-5-3-4-15(21)10-16/h3-5,10-11,14,23,28H,6-9,12H2,1-2H3,(H,26,27). The molecule has 0 spiro atoms. The van der Waals surface area contributed by atoms with Gasteiger partial charge in [0.25, 0.3) is 0 Å². The van der Waals surface area contributed by atoms with E-state index >= 15 is 0 Å². The zero-order chi connectivity index (χ0) is 20.3. The summed E-state index contributed by atoms with van der Waals surface area (Å²) in [5.74, 6) is 0.725. The third kappa shape index (κ3) is 4.72. The number of aliphatic hydroxyl groups is 1. The summed E-state index contributed by atoms with van der Waals surface area (Å²) in [6.45, 7) is 4.74. The molecule has 2 heterocycles. The van der Waals surface area contributed by atoms with Gasteiger partial charge in [0.15, 0.2) is 0 Å². The average Bonchev–Trinajstić information content (AvgIpc) is 2.66. The third-order valence-corrected chi connectivity index (χ3v) is 5.37. The molecule has 1 atom stereocenters. The number of hydrogen-bond acceptors (Lipinski definition) is 5. The molecule has 3 N–H and O–H groups in total. The second-order valence-electron chi connectivity index (χ2n) is 7.40. The van der Waals surface area contributed by atoms with Crippen molar-refractivity contribution in [1.29, 1.82) is 0 Å². The molecule has 28 heavy (non-hydrogen) atoms. The van der Waals surface area contributed by atoms with Gasteiger partial charge in [-0.3, -0.25) is 0 Å². The molecule has 1 aromatic heterocycles. The van der Waals surface area contributed by atoms with Crippen molar-refractivity contribution in [3.63, 3.8) is 0 Å². The first-order valence-electron chi connectivity index (χ1n) is 9.30. The van der Waals surface area contributed by atoms with Crippen LogP contribution >= 0.6 is 11.6 Å². The monoisotopic (exact) mass is 404 g/mol. The number of piperidine rings is 1. The van der Waals surface area contributed by atoms with Crippen LogP contribution in [0.25, 0.3) is 0 Å². The van der Waals surface area contributed by atoms with Gasteiger partial charge in [-0.15, -0.1) is 0 Å². The SMILES string of the molecule is Cc1ncc(C(C)(O)CNc2cccc(Cl)c2)c(C2CCN(C(=O)O)CC2)n1. The predicted octanol–water partition coefficient (Wildman–Crippen LogP) is 3.62. The van der Waals surface area contributed by atoms with E-state index in [9.17, 15) is 9.90 Å². The number of nitrogens with zero attached hydrogens (tertiary/aromatic N) is 3. The lowest BCUT2D eigenvalue weighted by Gasteiger charge is -2.33. The summed E-state index contributed by atoms with van der Waals surface area (Å²) in [4.78, 5) is 21.5. The Morgan fingerprint density at radius 1 is 1.39 bits per heavy atom. The van der Waals surface area contributed by atoms with Gasteiger partial charge < -0.3 is 20.4 Å². The number of benzene rings is 1. The minimum Gasteiger partial charge on any atom is -0.465 e. The molecule has 0 saturated carbocycles. The smallest absolute Gasteiger partial charge is 0.407 e. The Bertz CT molecular complexity index is 851. The first-order valence-corrected chi connectivity index (χ1v) is 9.68. The van der Waals surface area contributed by atoms with Crippen LogP contribution < -0.4 is 5.32 Å². The summed E-state index contributed by atoms with van der Waals surface area (Å²) in [5.41, 5.74) is 1.09. The van der Waals surface area contributed by atoms with E-state index in [1.165, 1.54) is 4.90 Å². The van der Waals surface area contributed by atoms with E-state index in [1.54, 1.807) is 25.3 Å². The molecule has 1 saturated heterocycles. The van der Waals surface area contributed by atoms with Crippen molar-refractivity contribution >= 4 is 23.4 Å². The molecule has 1 aliphatic rings. The van der Waals surface area contributed by atoms with Gasteiger partial charge in [-0.2, -0.15) is 0 Å². The number of carbonyl (C=O) groups is 1. The van der Waals surface area contributed by atoms with E-state index < -0.39 is 11.7 Å². The molecule has 2 aromatic rings. The molecule has 7 nitrogen and oxygen atoms in total. The molecular formula is C20H25ClN4O3. The highest BCUT2D eigenvalue weighted by Crippen LogP contribution is 2.34. The van der Waals surface area contributed by atoms with Crippen molar-refractivity contribution in [2.45, 2.75) is 38.2 Å². The Morgan fingerprint density at radius 3 is 2.75 bits per heavy atom. The van der Waals surface area contributed by atoms with Gasteiger partial charge >= 0.3 is 6.09 Å². The molecule has 0 radical (unpaired) electrons. The minimum absolute atomic E-state index is 0.0879. The minimum atomic E-state index is -1.20. The second-order valence-corrected chi connectivity index (χ2v) is 7.83. The normalized spacial score (nSPS) is 17.2. The largest absolute Gasteiger partial charge is 0.465 e. The number of aryl methyl sites for hydroxylation is 1. The molecule has 8 heteroatoms. The van der Waals surface area contributed by atoms with Crippen molar-refractivity contribution in [1.82, 2.24) is 14.9 Å². The summed E-state index contributed by atoms with van der Waals surface area (Å²) < 4.78 is 0. The van der Waals surface area contributed by atoms with Crippen LogP contribution in [-0.2, 0) is 5.60 Å². The zero-order valence-corrected chi connectivity index (χ0v) is 16.8. The Kier molecular flexibility index (Phi) is 6.05. The van der Waals surface area contributed by atoms with Crippen molar-refractivity contribution in [2.75, 3.05) is 25.0 Å².